The second-order valence-corrected chi connectivity index (χ2v) is 5.63. The molecule has 0 aliphatic carbocycles. The van der Waals surface area contributed by atoms with E-state index in [0.29, 0.717) is 18.5 Å². The van der Waals surface area contributed by atoms with Gasteiger partial charge >= 0.3 is 0 Å². The topological polar surface area (TPSA) is 32.3 Å². The number of benzene rings is 1. The van der Waals surface area contributed by atoms with Crippen LogP contribution in [0, 0.1) is 0 Å². The molecule has 0 bridgehead atoms. The van der Waals surface area contributed by atoms with Crippen LogP contribution in [0.15, 0.2) is 30.3 Å². The number of carbonyl (C=O) groups excluding carboxylic acids is 1. The number of nitrogens with one attached hydrogen (secondary N) is 1. The monoisotopic (exact) mass is 260 g/mol. The van der Waals surface area contributed by atoms with Gasteiger partial charge in [-0.05, 0) is 32.3 Å². The lowest BCUT2D eigenvalue weighted by atomic mass is 10.1. The summed E-state index contributed by atoms with van der Waals surface area (Å²) in [4.78, 5) is 13.7. The molecule has 0 radical (unpaired) electrons. The molecule has 1 aromatic rings. The lowest BCUT2D eigenvalue weighted by molar-refractivity contribution is -0.119. The Bertz CT molecular complexity index is 402. The van der Waals surface area contributed by atoms with Crippen molar-refractivity contribution in [1.29, 1.82) is 0 Å². The molecule has 0 aromatic heterocycles. The quantitative estimate of drug-likeness (QED) is 0.850. The molecule has 104 valence electrons. The van der Waals surface area contributed by atoms with Crippen LogP contribution < -0.4 is 5.32 Å². The van der Waals surface area contributed by atoms with E-state index in [1.54, 1.807) is 0 Å². The molecule has 1 amide bonds. The Morgan fingerprint density at radius 2 is 2.05 bits per heavy atom. The third kappa shape index (κ3) is 4.35. The second kappa shape index (κ2) is 6.71. The normalized spacial score (nSPS) is 19.2. The Labute approximate surface area is 116 Å². The lowest BCUT2D eigenvalue weighted by Crippen LogP contribution is -2.42. The minimum Gasteiger partial charge on any atom is -0.352 e. The van der Waals surface area contributed by atoms with Gasteiger partial charge in [0.15, 0.2) is 0 Å². The zero-order valence-electron chi connectivity index (χ0n) is 11.9. The number of hydrogen-bond acceptors (Lipinski definition) is 2. The maximum atomic E-state index is 11.3. The largest absolute Gasteiger partial charge is 0.352 e. The molecule has 1 aliphatic heterocycles. The molecule has 1 fully saturated rings. The summed E-state index contributed by atoms with van der Waals surface area (Å²) >= 11 is 0. The molecule has 2 rings (SSSR count). The average molecular weight is 260 g/mol. The lowest BCUT2D eigenvalue weighted by Gasteiger charge is -2.29. The molecule has 0 saturated carbocycles. The van der Waals surface area contributed by atoms with Gasteiger partial charge in [0.05, 0.1) is 0 Å². The van der Waals surface area contributed by atoms with Crippen LogP contribution in [0.3, 0.4) is 0 Å². The van der Waals surface area contributed by atoms with Crippen molar-refractivity contribution in [3.8, 4) is 0 Å². The van der Waals surface area contributed by atoms with Gasteiger partial charge in [0.2, 0.25) is 5.91 Å². The fraction of sp³-hybridized carbons (Fsp3) is 0.562. The van der Waals surface area contributed by atoms with Crippen molar-refractivity contribution < 1.29 is 4.79 Å². The van der Waals surface area contributed by atoms with Crippen molar-refractivity contribution in [2.45, 2.75) is 45.2 Å². The van der Waals surface area contributed by atoms with E-state index in [-0.39, 0.29) is 5.91 Å². The van der Waals surface area contributed by atoms with E-state index in [0.717, 1.165) is 25.9 Å². The van der Waals surface area contributed by atoms with Crippen LogP contribution in [0.4, 0.5) is 0 Å². The van der Waals surface area contributed by atoms with Gasteiger partial charge in [-0.15, -0.1) is 0 Å². The minimum atomic E-state index is 0.205. The first-order chi connectivity index (χ1) is 9.15. The molecule has 1 aromatic carbocycles. The molecule has 3 nitrogen and oxygen atoms in total. The second-order valence-electron chi connectivity index (χ2n) is 5.63. The Hall–Kier alpha value is -1.35. The van der Waals surface area contributed by atoms with E-state index in [2.05, 4.69) is 54.4 Å². The first kappa shape index (κ1) is 14.1. The third-order valence-electron chi connectivity index (χ3n) is 3.80. The fourth-order valence-corrected chi connectivity index (χ4v) is 2.58. The van der Waals surface area contributed by atoms with Crippen LogP contribution in [0.2, 0.25) is 0 Å². The number of carbonyl (C=O) groups is 1. The molecular formula is C16H24N2O. The predicted molar refractivity (Wildman–Crippen MR) is 78.0 cm³/mol. The highest BCUT2D eigenvalue weighted by atomic mass is 16.1. The van der Waals surface area contributed by atoms with Gasteiger partial charge in [-0.1, -0.05) is 30.3 Å². The first-order valence-electron chi connectivity index (χ1n) is 7.22. The highest BCUT2D eigenvalue weighted by molar-refractivity contribution is 5.78. The highest BCUT2D eigenvalue weighted by Crippen LogP contribution is 2.11. The molecule has 0 unspecified atom stereocenters. The van der Waals surface area contributed by atoms with Gasteiger partial charge in [-0.2, -0.15) is 0 Å². The maximum Gasteiger partial charge on any atom is 0.220 e. The molecule has 1 atom stereocenters. The van der Waals surface area contributed by atoms with Crippen LogP contribution in [0.5, 0.6) is 0 Å². The molecule has 3 heteroatoms. The Morgan fingerprint density at radius 3 is 2.63 bits per heavy atom. The van der Waals surface area contributed by atoms with Crippen molar-refractivity contribution in [2.75, 3.05) is 13.1 Å². The van der Waals surface area contributed by atoms with Gasteiger partial charge in [-0.25, -0.2) is 0 Å². The van der Waals surface area contributed by atoms with Crippen molar-refractivity contribution in [2.24, 2.45) is 0 Å². The summed E-state index contributed by atoms with van der Waals surface area (Å²) in [5.41, 5.74) is 1.38. The third-order valence-corrected chi connectivity index (χ3v) is 3.80. The van der Waals surface area contributed by atoms with E-state index in [1.807, 2.05) is 0 Å². The molecule has 1 aliphatic rings. The molecule has 19 heavy (non-hydrogen) atoms. The van der Waals surface area contributed by atoms with Crippen molar-refractivity contribution in [3.63, 3.8) is 0 Å². The molecule has 1 N–H and O–H groups in total. The molecule has 1 heterocycles. The Morgan fingerprint density at radius 1 is 1.32 bits per heavy atom. The van der Waals surface area contributed by atoms with Crippen LogP contribution in [-0.4, -0.2) is 36.0 Å². The van der Waals surface area contributed by atoms with Gasteiger partial charge in [-0.3, -0.25) is 9.69 Å². The first-order valence-corrected chi connectivity index (χ1v) is 7.22. The van der Waals surface area contributed by atoms with Crippen molar-refractivity contribution in [1.82, 2.24) is 10.2 Å². The van der Waals surface area contributed by atoms with Gasteiger partial charge in [0, 0.05) is 31.6 Å². The summed E-state index contributed by atoms with van der Waals surface area (Å²) in [5, 5.41) is 3.06. The Balaban J connectivity index is 1.84. The summed E-state index contributed by atoms with van der Waals surface area (Å²) < 4.78 is 0. The molecular weight excluding hydrogens is 236 g/mol. The Kier molecular flexibility index (Phi) is 4.97. The van der Waals surface area contributed by atoms with Crippen molar-refractivity contribution in [3.05, 3.63) is 35.9 Å². The standard InChI is InChI=1S/C16H24N2O/c1-13(2)18(12-15-8-9-16(19)17-15)11-10-14-6-4-3-5-7-14/h3-7,13,15H,8-12H2,1-2H3,(H,17,19)/t15-/m1/s1. The SMILES string of the molecule is CC(C)N(CCc1ccccc1)C[C@H]1CCC(=O)N1. The summed E-state index contributed by atoms with van der Waals surface area (Å²) in [6.45, 7) is 6.47. The highest BCUT2D eigenvalue weighted by Gasteiger charge is 2.23. The summed E-state index contributed by atoms with van der Waals surface area (Å²) in [6, 6.07) is 11.4. The van der Waals surface area contributed by atoms with Crippen LogP contribution >= 0.6 is 0 Å². The fourth-order valence-electron chi connectivity index (χ4n) is 2.58. The number of rotatable bonds is 6. The van der Waals surface area contributed by atoms with Gasteiger partial charge in [0.1, 0.15) is 0 Å². The number of hydrogen-bond donors (Lipinski definition) is 1. The average Bonchev–Trinajstić information content (AvgIpc) is 2.81. The molecule has 0 spiro atoms. The summed E-state index contributed by atoms with van der Waals surface area (Å²) in [5.74, 6) is 0.205. The van der Waals surface area contributed by atoms with E-state index < -0.39 is 0 Å². The molecule has 1 saturated heterocycles. The zero-order valence-corrected chi connectivity index (χ0v) is 11.9. The minimum absolute atomic E-state index is 0.205. The summed E-state index contributed by atoms with van der Waals surface area (Å²) in [7, 11) is 0. The van der Waals surface area contributed by atoms with Crippen molar-refractivity contribution >= 4 is 5.91 Å². The summed E-state index contributed by atoms with van der Waals surface area (Å²) in [6.07, 6.45) is 2.74. The maximum absolute atomic E-state index is 11.3. The van der Waals surface area contributed by atoms with E-state index >= 15 is 0 Å². The van der Waals surface area contributed by atoms with Gasteiger partial charge < -0.3 is 5.32 Å². The zero-order chi connectivity index (χ0) is 13.7. The predicted octanol–water partition coefficient (Wildman–Crippen LogP) is 2.22. The number of amides is 1. The smallest absolute Gasteiger partial charge is 0.220 e. The van der Waals surface area contributed by atoms with Crippen LogP contribution in [0.25, 0.3) is 0 Å². The van der Waals surface area contributed by atoms with Crippen LogP contribution in [-0.2, 0) is 11.2 Å². The van der Waals surface area contributed by atoms with Gasteiger partial charge in [0.25, 0.3) is 0 Å². The van der Waals surface area contributed by atoms with E-state index in [4.69, 9.17) is 0 Å². The van der Waals surface area contributed by atoms with E-state index in [1.165, 1.54) is 5.56 Å². The van der Waals surface area contributed by atoms with Crippen LogP contribution in [0.1, 0.15) is 32.3 Å². The van der Waals surface area contributed by atoms with E-state index in [9.17, 15) is 4.79 Å². The number of nitrogens with zero attached hydrogens (tertiary/aromatic N) is 1.